The molecule has 0 spiro atoms. The van der Waals surface area contributed by atoms with Gasteiger partial charge in [0.25, 0.3) is 0 Å². The maximum Gasteiger partial charge on any atom is 0.174 e. The molecule has 5 heteroatoms. The van der Waals surface area contributed by atoms with Gasteiger partial charge in [0.15, 0.2) is 11.6 Å². The van der Waals surface area contributed by atoms with Crippen molar-refractivity contribution in [3.8, 4) is 0 Å². The van der Waals surface area contributed by atoms with Crippen molar-refractivity contribution in [3.05, 3.63) is 48.2 Å². The van der Waals surface area contributed by atoms with Crippen LogP contribution in [-0.2, 0) is 0 Å². The summed E-state index contributed by atoms with van der Waals surface area (Å²) in [5, 5.41) is 3.24. The molecule has 1 aliphatic carbocycles. The van der Waals surface area contributed by atoms with Gasteiger partial charge in [0.2, 0.25) is 0 Å². The minimum Gasteiger partial charge on any atom is -0.381 e. The molecule has 0 amide bonds. The number of fused-ring (bicyclic) bond motifs is 1. The predicted molar refractivity (Wildman–Crippen MR) is 92.0 cm³/mol. The number of nitrogens with two attached hydrogens (primary N) is 1. The summed E-state index contributed by atoms with van der Waals surface area (Å²) in [6.07, 6.45) is 8.00. The van der Waals surface area contributed by atoms with Crippen LogP contribution in [0.25, 0.3) is 11.0 Å². The molecule has 22 heavy (non-hydrogen) atoms. The SMILES string of the molecule is CCC/N=C1/C=CC(Nc2nc3ccccc3nc2N)=CC1. The van der Waals surface area contributed by atoms with Crippen molar-refractivity contribution in [1.82, 2.24) is 9.97 Å². The standard InChI is InChI=1S/C17H19N5/c1-2-11-19-12-7-9-13(10-8-12)20-17-16(18)21-14-5-3-4-6-15(14)22-17/h3-7,9-10H,2,8,11H2,1H3,(H2,18,21)(H,20,22)/b19-12-. The predicted octanol–water partition coefficient (Wildman–Crippen LogP) is 3.32. The molecule has 0 saturated heterocycles. The average molecular weight is 293 g/mol. The molecule has 0 fully saturated rings. The molecule has 0 unspecified atom stereocenters. The fourth-order valence-electron chi connectivity index (χ4n) is 2.24. The van der Waals surface area contributed by atoms with Crippen LogP contribution in [0.5, 0.6) is 0 Å². The first-order chi connectivity index (χ1) is 10.8. The van der Waals surface area contributed by atoms with E-state index in [-0.39, 0.29) is 0 Å². The van der Waals surface area contributed by atoms with E-state index in [0.717, 1.165) is 41.8 Å². The zero-order valence-electron chi connectivity index (χ0n) is 12.6. The van der Waals surface area contributed by atoms with E-state index in [1.807, 2.05) is 36.4 Å². The van der Waals surface area contributed by atoms with Gasteiger partial charge in [-0.1, -0.05) is 25.1 Å². The van der Waals surface area contributed by atoms with Crippen LogP contribution in [0.15, 0.2) is 53.2 Å². The van der Waals surface area contributed by atoms with E-state index in [1.165, 1.54) is 0 Å². The second kappa shape index (κ2) is 6.39. The number of allylic oxidation sites excluding steroid dienone is 3. The third-order valence-corrected chi connectivity index (χ3v) is 3.39. The number of nitrogens with one attached hydrogen (secondary N) is 1. The fraction of sp³-hybridized carbons (Fsp3) is 0.235. The Morgan fingerprint density at radius 3 is 2.64 bits per heavy atom. The quantitative estimate of drug-likeness (QED) is 0.906. The zero-order chi connectivity index (χ0) is 15.4. The van der Waals surface area contributed by atoms with Crippen molar-refractivity contribution in [2.45, 2.75) is 19.8 Å². The van der Waals surface area contributed by atoms with Crippen molar-refractivity contribution in [2.24, 2.45) is 4.99 Å². The summed E-state index contributed by atoms with van der Waals surface area (Å²) in [6.45, 7) is 3.00. The topological polar surface area (TPSA) is 76.2 Å². The molecule has 1 heterocycles. The zero-order valence-corrected chi connectivity index (χ0v) is 12.6. The van der Waals surface area contributed by atoms with Crippen molar-refractivity contribution in [1.29, 1.82) is 0 Å². The van der Waals surface area contributed by atoms with Gasteiger partial charge in [0, 0.05) is 24.4 Å². The van der Waals surface area contributed by atoms with E-state index in [4.69, 9.17) is 5.73 Å². The molecule has 3 N–H and O–H groups in total. The lowest BCUT2D eigenvalue weighted by molar-refractivity contribution is 0.929. The molecule has 0 bridgehead atoms. The lowest BCUT2D eigenvalue weighted by Crippen LogP contribution is -2.08. The largest absolute Gasteiger partial charge is 0.381 e. The van der Waals surface area contributed by atoms with Crippen molar-refractivity contribution in [3.63, 3.8) is 0 Å². The average Bonchev–Trinajstić information content (AvgIpc) is 2.55. The summed E-state index contributed by atoms with van der Waals surface area (Å²) in [6, 6.07) is 7.69. The molecular formula is C17H19N5. The Labute approximate surface area is 129 Å². The maximum absolute atomic E-state index is 5.99. The van der Waals surface area contributed by atoms with E-state index < -0.39 is 0 Å². The van der Waals surface area contributed by atoms with Gasteiger partial charge in [-0.2, -0.15) is 0 Å². The highest BCUT2D eigenvalue weighted by molar-refractivity contribution is 5.97. The Kier molecular flexibility index (Phi) is 4.14. The first kappa shape index (κ1) is 14.3. The molecule has 0 aliphatic heterocycles. The number of hydrogen-bond acceptors (Lipinski definition) is 5. The van der Waals surface area contributed by atoms with Crippen LogP contribution in [0.3, 0.4) is 0 Å². The number of benzene rings is 1. The lowest BCUT2D eigenvalue weighted by atomic mass is 10.1. The number of aromatic nitrogens is 2. The summed E-state index contributed by atoms with van der Waals surface area (Å²) >= 11 is 0. The Balaban J connectivity index is 1.78. The molecule has 0 saturated carbocycles. The van der Waals surface area contributed by atoms with Gasteiger partial charge in [0.05, 0.1) is 11.0 Å². The van der Waals surface area contributed by atoms with E-state index >= 15 is 0 Å². The highest BCUT2D eigenvalue weighted by Crippen LogP contribution is 2.21. The summed E-state index contributed by atoms with van der Waals surface area (Å²) in [5.74, 6) is 0.988. The smallest absolute Gasteiger partial charge is 0.174 e. The summed E-state index contributed by atoms with van der Waals surface area (Å²) in [7, 11) is 0. The Bertz CT molecular complexity index is 774. The van der Waals surface area contributed by atoms with Crippen LogP contribution in [0.4, 0.5) is 11.6 Å². The second-order valence-corrected chi connectivity index (χ2v) is 5.14. The second-order valence-electron chi connectivity index (χ2n) is 5.14. The Hall–Kier alpha value is -2.69. The summed E-state index contributed by atoms with van der Waals surface area (Å²) in [4.78, 5) is 13.4. The van der Waals surface area contributed by atoms with E-state index in [9.17, 15) is 0 Å². The number of aliphatic imine (C=N–C) groups is 1. The highest BCUT2D eigenvalue weighted by Gasteiger charge is 2.08. The van der Waals surface area contributed by atoms with Gasteiger partial charge in [-0.3, -0.25) is 4.99 Å². The monoisotopic (exact) mass is 293 g/mol. The van der Waals surface area contributed by atoms with Crippen LogP contribution >= 0.6 is 0 Å². The normalized spacial score (nSPS) is 16.0. The molecule has 1 aromatic carbocycles. The van der Waals surface area contributed by atoms with Crippen LogP contribution in [0, 0.1) is 0 Å². The number of para-hydroxylation sites is 2. The molecule has 0 radical (unpaired) electrons. The van der Waals surface area contributed by atoms with Crippen LogP contribution < -0.4 is 11.1 Å². The Morgan fingerprint density at radius 2 is 1.95 bits per heavy atom. The number of rotatable bonds is 4. The minimum absolute atomic E-state index is 0.401. The summed E-state index contributed by atoms with van der Waals surface area (Å²) in [5.41, 5.74) is 9.67. The number of nitrogen functional groups attached to an aromatic ring is 1. The third kappa shape index (κ3) is 3.14. The molecule has 112 valence electrons. The van der Waals surface area contributed by atoms with Crippen molar-refractivity contribution >= 4 is 28.4 Å². The molecule has 5 nitrogen and oxygen atoms in total. The minimum atomic E-state index is 0.401. The van der Waals surface area contributed by atoms with Gasteiger partial charge in [-0.25, -0.2) is 9.97 Å². The number of hydrogen-bond donors (Lipinski definition) is 2. The first-order valence-corrected chi connectivity index (χ1v) is 7.47. The number of anilines is 2. The van der Waals surface area contributed by atoms with Gasteiger partial charge < -0.3 is 11.1 Å². The van der Waals surface area contributed by atoms with E-state index in [2.05, 4.69) is 33.3 Å². The van der Waals surface area contributed by atoms with Gasteiger partial charge in [-0.15, -0.1) is 0 Å². The molecule has 1 aliphatic rings. The van der Waals surface area contributed by atoms with Crippen LogP contribution in [-0.4, -0.2) is 22.2 Å². The Morgan fingerprint density at radius 1 is 1.18 bits per heavy atom. The number of nitrogens with zero attached hydrogens (tertiary/aromatic N) is 3. The van der Waals surface area contributed by atoms with E-state index in [0.29, 0.717) is 11.6 Å². The lowest BCUT2D eigenvalue weighted by Gasteiger charge is -2.12. The maximum atomic E-state index is 5.99. The molecular weight excluding hydrogens is 274 g/mol. The van der Waals surface area contributed by atoms with Gasteiger partial charge in [-0.05, 0) is 30.7 Å². The van der Waals surface area contributed by atoms with Crippen molar-refractivity contribution < 1.29 is 0 Å². The van der Waals surface area contributed by atoms with Crippen molar-refractivity contribution in [2.75, 3.05) is 17.6 Å². The molecule has 3 rings (SSSR count). The van der Waals surface area contributed by atoms with Crippen LogP contribution in [0.1, 0.15) is 19.8 Å². The van der Waals surface area contributed by atoms with Gasteiger partial charge in [0.1, 0.15) is 0 Å². The summed E-state index contributed by atoms with van der Waals surface area (Å²) < 4.78 is 0. The molecule has 2 aromatic rings. The first-order valence-electron chi connectivity index (χ1n) is 7.47. The molecule has 1 aromatic heterocycles. The van der Waals surface area contributed by atoms with E-state index in [1.54, 1.807) is 0 Å². The highest BCUT2D eigenvalue weighted by atomic mass is 15.1. The van der Waals surface area contributed by atoms with Gasteiger partial charge >= 0.3 is 0 Å². The third-order valence-electron chi connectivity index (χ3n) is 3.39. The van der Waals surface area contributed by atoms with Crippen LogP contribution in [0.2, 0.25) is 0 Å². The molecule has 0 atom stereocenters. The fourth-order valence-corrected chi connectivity index (χ4v) is 2.24.